The first-order valence-electron chi connectivity index (χ1n) is 7.81. The first-order valence-corrected chi connectivity index (χ1v) is 7.81. The molecule has 2 heterocycles. The third-order valence-corrected chi connectivity index (χ3v) is 4.65. The summed E-state index contributed by atoms with van der Waals surface area (Å²) in [5.74, 6) is -0.267. The Hall–Kier alpha value is -2.17. The molecule has 0 saturated carbocycles. The summed E-state index contributed by atoms with van der Waals surface area (Å²) in [5.41, 5.74) is 3.10. The van der Waals surface area contributed by atoms with E-state index in [0.29, 0.717) is 18.8 Å². The lowest BCUT2D eigenvalue weighted by Gasteiger charge is -2.19. The average Bonchev–Trinajstić information content (AvgIpc) is 2.83. The second kappa shape index (κ2) is 5.55. The molecule has 1 N–H and O–H groups in total. The summed E-state index contributed by atoms with van der Waals surface area (Å²) in [7, 11) is 1.90. The fourth-order valence-electron chi connectivity index (χ4n) is 3.06. The highest BCUT2D eigenvalue weighted by Gasteiger charge is 2.31. The third-order valence-electron chi connectivity index (χ3n) is 4.65. The Morgan fingerprint density at radius 1 is 1.41 bits per heavy atom. The number of amides is 2. The van der Waals surface area contributed by atoms with Crippen molar-refractivity contribution in [3.8, 4) is 0 Å². The minimum atomic E-state index is -0.337. The number of benzene rings is 1. The van der Waals surface area contributed by atoms with Gasteiger partial charge >= 0.3 is 0 Å². The van der Waals surface area contributed by atoms with Gasteiger partial charge in [-0.15, -0.1) is 0 Å². The molecule has 2 atom stereocenters. The number of aromatic nitrogens is 2. The second-order valence-corrected chi connectivity index (χ2v) is 6.10. The van der Waals surface area contributed by atoms with Gasteiger partial charge in [0.1, 0.15) is 0 Å². The van der Waals surface area contributed by atoms with Gasteiger partial charge in [-0.25, -0.2) is 0 Å². The summed E-state index contributed by atoms with van der Waals surface area (Å²) in [6, 6.07) is 6.34. The zero-order chi connectivity index (χ0) is 15.9. The second-order valence-electron chi connectivity index (χ2n) is 6.10. The molecular weight excluding hydrogens is 278 g/mol. The van der Waals surface area contributed by atoms with Crippen LogP contribution in [-0.4, -0.2) is 21.6 Å². The van der Waals surface area contributed by atoms with E-state index in [1.807, 2.05) is 11.7 Å². The fourth-order valence-corrected chi connectivity index (χ4v) is 3.06. The molecule has 1 aliphatic heterocycles. The van der Waals surface area contributed by atoms with Gasteiger partial charge in [-0.1, -0.05) is 26.0 Å². The predicted octanol–water partition coefficient (Wildman–Crippen LogP) is 2.61. The Bertz CT molecular complexity index is 748. The number of fused-ring (bicyclic) bond motifs is 1. The molecule has 116 valence electrons. The topological polar surface area (TPSA) is 64.0 Å². The molecule has 0 aliphatic carbocycles. The maximum atomic E-state index is 12.1. The van der Waals surface area contributed by atoms with Crippen molar-refractivity contribution in [1.29, 1.82) is 0 Å². The predicted molar refractivity (Wildman–Crippen MR) is 84.5 cm³/mol. The summed E-state index contributed by atoms with van der Waals surface area (Å²) in [6.07, 6.45) is 1.99. The van der Waals surface area contributed by atoms with Crippen LogP contribution in [0.4, 0.5) is 0 Å². The van der Waals surface area contributed by atoms with Crippen molar-refractivity contribution in [2.24, 2.45) is 7.05 Å². The zero-order valence-electron chi connectivity index (χ0n) is 13.2. The van der Waals surface area contributed by atoms with Crippen LogP contribution >= 0.6 is 0 Å². The normalized spacial score (nSPS) is 20.2. The summed E-state index contributed by atoms with van der Waals surface area (Å²) in [5, 5.41) is 7.98. The highest BCUT2D eigenvalue weighted by Crippen LogP contribution is 2.32. The number of hydrogen-bond acceptors (Lipinski definition) is 3. The van der Waals surface area contributed by atoms with E-state index >= 15 is 0 Å². The summed E-state index contributed by atoms with van der Waals surface area (Å²) in [4.78, 5) is 23.4. The van der Waals surface area contributed by atoms with Crippen molar-refractivity contribution in [3.63, 3.8) is 0 Å². The van der Waals surface area contributed by atoms with E-state index < -0.39 is 0 Å². The van der Waals surface area contributed by atoms with Crippen molar-refractivity contribution in [3.05, 3.63) is 29.5 Å². The largest absolute Gasteiger partial charge is 0.296 e. The smallest absolute Gasteiger partial charge is 0.235 e. The Morgan fingerprint density at radius 2 is 2.18 bits per heavy atom. The summed E-state index contributed by atoms with van der Waals surface area (Å²) in [6.45, 7) is 4.38. The van der Waals surface area contributed by atoms with Gasteiger partial charge in [0.2, 0.25) is 11.8 Å². The molecule has 2 aromatic rings. The third kappa shape index (κ3) is 2.40. The molecule has 5 heteroatoms. The number of nitrogens with one attached hydrogen (secondary N) is 1. The van der Waals surface area contributed by atoms with E-state index in [9.17, 15) is 9.59 Å². The van der Waals surface area contributed by atoms with E-state index in [2.05, 4.69) is 42.5 Å². The minimum absolute atomic E-state index is 0.194. The van der Waals surface area contributed by atoms with Gasteiger partial charge in [0.15, 0.2) is 0 Å². The van der Waals surface area contributed by atoms with Crippen LogP contribution in [0.25, 0.3) is 10.9 Å². The first kappa shape index (κ1) is 14.8. The number of carbonyl (C=O) groups is 2. The van der Waals surface area contributed by atoms with E-state index in [1.165, 1.54) is 5.56 Å². The zero-order valence-corrected chi connectivity index (χ0v) is 13.2. The SMILES string of the molecule is CCC(C)c1ccc2c(C3CCC(=O)NC3=O)nn(C)c2c1. The molecule has 0 bridgehead atoms. The minimum Gasteiger partial charge on any atom is -0.296 e. The van der Waals surface area contributed by atoms with Crippen molar-refractivity contribution in [1.82, 2.24) is 15.1 Å². The van der Waals surface area contributed by atoms with Crippen LogP contribution in [-0.2, 0) is 16.6 Å². The lowest BCUT2D eigenvalue weighted by molar-refractivity contribution is -0.134. The number of aryl methyl sites for hydroxylation is 1. The Labute approximate surface area is 129 Å². The lowest BCUT2D eigenvalue weighted by atomic mass is 9.91. The molecule has 2 unspecified atom stereocenters. The van der Waals surface area contributed by atoms with Gasteiger partial charge in [-0.05, 0) is 30.4 Å². The first-order chi connectivity index (χ1) is 10.5. The highest BCUT2D eigenvalue weighted by molar-refractivity contribution is 6.02. The standard InChI is InChI=1S/C17H21N3O2/c1-4-10(2)11-5-6-12-14(9-11)20(3)19-16(12)13-7-8-15(21)18-17(13)22/h5-6,9-10,13H,4,7-8H2,1-3H3,(H,18,21,22). The van der Waals surface area contributed by atoms with Crippen LogP contribution in [0.2, 0.25) is 0 Å². The molecule has 1 fully saturated rings. The lowest BCUT2D eigenvalue weighted by Crippen LogP contribution is -2.39. The maximum absolute atomic E-state index is 12.1. The summed E-state index contributed by atoms with van der Waals surface area (Å²) < 4.78 is 1.83. The summed E-state index contributed by atoms with van der Waals surface area (Å²) >= 11 is 0. The molecule has 22 heavy (non-hydrogen) atoms. The van der Waals surface area contributed by atoms with Gasteiger partial charge in [0, 0.05) is 18.9 Å². The van der Waals surface area contributed by atoms with Crippen LogP contribution in [0.1, 0.15) is 56.2 Å². The molecule has 0 spiro atoms. The molecule has 2 amide bonds. The molecule has 1 saturated heterocycles. The molecule has 1 aromatic heterocycles. The molecule has 1 aliphatic rings. The van der Waals surface area contributed by atoms with Gasteiger partial charge in [0.05, 0.1) is 17.1 Å². The number of carbonyl (C=O) groups excluding carboxylic acids is 2. The average molecular weight is 299 g/mol. The van der Waals surface area contributed by atoms with E-state index in [1.54, 1.807) is 0 Å². The van der Waals surface area contributed by atoms with Crippen molar-refractivity contribution in [2.75, 3.05) is 0 Å². The highest BCUT2D eigenvalue weighted by atomic mass is 16.2. The van der Waals surface area contributed by atoms with Crippen LogP contribution in [0, 0.1) is 0 Å². The number of imide groups is 1. The van der Waals surface area contributed by atoms with E-state index in [4.69, 9.17) is 0 Å². The monoisotopic (exact) mass is 299 g/mol. The van der Waals surface area contributed by atoms with Crippen molar-refractivity contribution < 1.29 is 9.59 Å². The maximum Gasteiger partial charge on any atom is 0.235 e. The van der Waals surface area contributed by atoms with E-state index in [-0.39, 0.29) is 17.7 Å². The number of piperidine rings is 1. The van der Waals surface area contributed by atoms with E-state index in [0.717, 1.165) is 23.0 Å². The molecule has 0 radical (unpaired) electrons. The Kier molecular flexibility index (Phi) is 3.72. The van der Waals surface area contributed by atoms with Crippen molar-refractivity contribution >= 4 is 22.7 Å². The van der Waals surface area contributed by atoms with Crippen molar-refractivity contribution in [2.45, 2.75) is 44.9 Å². The fraction of sp³-hybridized carbons (Fsp3) is 0.471. The Balaban J connectivity index is 2.05. The quantitative estimate of drug-likeness (QED) is 0.886. The van der Waals surface area contributed by atoms with Gasteiger partial charge in [0.25, 0.3) is 0 Å². The van der Waals surface area contributed by atoms with Gasteiger partial charge in [-0.3, -0.25) is 19.6 Å². The van der Waals surface area contributed by atoms with Gasteiger partial charge in [-0.2, -0.15) is 5.10 Å². The van der Waals surface area contributed by atoms with Gasteiger partial charge < -0.3 is 0 Å². The van der Waals surface area contributed by atoms with Crippen LogP contribution in [0.3, 0.4) is 0 Å². The van der Waals surface area contributed by atoms with Crippen LogP contribution in [0.15, 0.2) is 18.2 Å². The molecule has 1 aromatic carbocycles. The van der Waals surface area contributed by atoms with Crippen LogP contribution in [0.5, 0.6) is 0 Å². The Morgan fingerprint density at radius 3 is 2.86 bits per heavy atom. The number of hydrogen-bond donors (Lipinski definition) is 1. The number of rotatable bonds is 3. The van der Waals surface area contributed by atoms with Crippen LogP contribution < -0.4 is 5.32 Å². The molecule has 3 rings (SSSR count). The number of nitrogens with zero attached hydrogens (tertiary/aromatic N) is 2. The molecule has 5 nitrogen and oxygen atoms in total. The molecular formula is C17H21N3O2.